The smallest absolute Gasteiger partial charge is 0.258 e. The summed E-state index contributed by atoms with van der Waals surface area (Å²) in [5.74, 6) is -71.4. The fourth-order valence-corrected chi connectivity index (χ4v) is 7.20. The number of nitrogens with zero attached hydrogens (tertiary/aromatic N) is 3. The summed E-state index contributed by atoms with van der Waals surface area (Å²) in [4.78, 5) is 14.7. The van der Waals surface area contributed by atoms with Crippen LogP contribution in [-0.4, -0.2) is 16.1 Å². The lowest BCUT2D eigenvalue weighted by molar-refractivity contribution is -0.678. The standard InChI is InChI=1S/C24BF20.C17H14N3O2/c26-5-1(6(27)14(35)21(42)13(5)34)25(2-7(28)15(36)22(43)16(37)8(2)29,3-9(30)17(38)23(44)18(39)10(3)31)4-11(32)19(40)24(45)20(41)12(4)33;21-20(22)16-8-4-7-15(11-16)17-12-18-9-10-19(17)13-14-5-2-1-3-6-14/h;1-12H,13H2/q-1;+1. The third-order valence-corrected chi connectivity index (χ3v) is 10.1. The molecule has 26 heteroatoms. The summed E-state index contributed by atoms with van der Waals surface area (Å²) in [7, 11) is 0. The van der Waals surface area contributed by atoms with Crippen LogP contribution >= 0.6 is 0 Å². The van der Waals surface area contributed by atoms with Crippen LogP contribution in [0.5, 0.6) is 0 Å². The van der Waals surface area contributed by atoms with E-state index in [1.54, 1.807) is 24.5 Å². The minimum Gasteiger partial charge on any atom is -0.258 e. The summed E-state index contributed by atoms with van der Waals surface area (Å²) in [6.45, 7) is 0.682. The van der Waals surface area contributed by atoms with Crippen molar-refractivity contribution in [3.63, 3.8) is 0 Å². The monoisotopic (exact) mass is 971 g/mol. The number of benzene rings is 6. The molecule has 0 aliphatic carbocycles. The van der Waals surface area contributed by atoms with Gasteiger partial charge in [-0.1, -0.05) is 36.4 Å². The van der Waals surface area contributed by atoms with E-state index in [0.29, 0.717) is 6.54 Å². The van der Waals surface area contributed by atoms with Gasteiger partial charge in [-0.25, -0.2) is 87.8 Å². The molecule has 1 aromatic heterocycles. The predicted molar refractivity (Wildman–Crippen MR) is 191 cm³/mol. The van der Waals surface area contributed by atoms with E-state index in [1.165, 1.54) is 6.07 Å². The fourth-order valence-electron chi connectivity index (χ4n) is 7.20. The first-order valence-corrected chi connectivity index (χ1v) is 17.8. The molecule has 0 saturated carbocycles. The van der Waals surface area contributed by atoms with E-state index in [2.05, 4.69) is 4.98 Å². The maximum atomic E-state index is 15.4. The lowest BCUT2D eigenvalue weighted by Gasteiger charge is -2.44. The van der Waals surface area contributed by atoms with Crippen LogP contribution in [0.4, 0.5) is 93.5 Å². The van der Waals surface area contributed by atoms with E-state index in [-0.39, 0.29) is 10.6 Å². The molecule has 0 fully saturated rings. The van der Waals surface area contributed by atoms with Crippen molar-refractivity contribution in [2.45, 2.75) is 6.54 Å². The summed E-state index contributed by atoms with van der Waals surface area (Å²) >= 11 is 0. The summed E-state index contributed by atoms with van der Waals surface area (Å²) < 4.78 is 296. The summed E-state index contributed by atoms with van der Waals surface area (Å²) in [6.07, 6.45) is -1.90. The molecule has 0 atom stereocenters. The number of halogens is 20. The maximum absolute atomic E-state index is 15.4. The molecule has 348 valence electrons. The van der Waals surface area contributed by atoms with Gasteiger partial charge < -0.3 is 0 Å². The van der Waals surface area contributed by atoms with Crippen molar-refractivity contribution in [3.05, 3.63) is 205 Å². The Hall–Kier alpha value is -7.54. The van der Waals surface area contributed by atoms with Gasteiger partial charge in [0.05, 0.1) is 22.9 Å². The molecule has 0 bridgehead atoms. The molecular weight excluding hydrogens is 957 g/mol. The average molecular weight is 971 g/mol. The average Bonchev–Trinajstić information content (AvgIpc) is 3.32. The van der Waals surface area contributed by atoms with E-state index < -0.39 is 144 Å². The second kappa shape index (κ2) is 18.4. The van der Waals surface area contributed by atoms with Crippen LogP contribution < -0.4 is 26.4 Å². The number of aromatic nitrogens is 2. The van der Waals surface area contributed by atoms with E-state index in [0.717, 1.165) is 16.8 Å². The van der Waals surface area contributed by atoms with Gasteiger partial charge in [-0.2, -0.15) is 4.57 Å². The fraction of sp³-hybridized carbons (Fsp3) is 0.0244. The number of nitro benzene ring substituents is 1. The van der Waals surface area contributed by atoms with Crippen molar-refractivity contribution in [1.29, 1.82) is 0 Å². The molecule has 7 rings (SSSR count). The quantitative estimate of drug-likeness (QED) is 0.0291. The molecule has 0 aliphatic rings. The predicted octanol–water partition coefficient (Wildman–Crippen LogP) is 8.84. The Morgan fingerprint density at radius 1 is 0.448 bits per heavy atom. The van der Waals surface area contributed by atoms with Gasteiger partial charge in [0.1, 0.15) is 52.7 Å². The van der Waals surface area contributed by atoms with Gasteiger partial charge >= 0.3 is 0 Å². The van der Waals surface area contributed by atoms with E-state index in [4.69, 9.17) is 0 Å². The third kappa shape index (κ3) is 7.91. The Balaban J connectivity index is 0.000000279. The summed E-state index contributed by atoms with van der Waals surface area (Å²) in [6, 6.07) is 16.6. The molecule has 67 heavy (non-hydrogen) atoms. The summed E-state index contributed by atoms with van der Waals surface area (Å²) in [5.41, 5.74) is -11.5. The van der Waals surface area contributed by atoms with E-state index in [9.17, 15) is 62.8 Å². The molecule has 0 unspecified atom stereocenters. The number of hydrogen-bond donors (Lipinski definition) is 0. The Morgan fingerprint density at radius 3 is 1.10 bits per heavy atom. The molecule has 1 heterocycles. The maximum Gasteiger partial charge on any atom is 0.270 e. The first kappa shape index (κ1) is 48.9. The number of rotatable bonds is 8. The lowest BCUT2D eigenvalue weighted by atomic mass is 9.12. The highest BCUT2D eigenvalue weighted by molar-refractivity contribution is 7.20. The molecular formula is C41H14BF20N3O2. The van der Waals surface area contributed by atoms with E-state index in [1.807, 2.05) is 47.2 Å². The van der Waals surface area contributed by atoms with Crippen molar-refractivity contribution < 1.29 is 97.3 Å². The zero-order valence-corrected chi connectivity index (χ0v) is 31.9. The minimum atomic E-state index is -7.22. The normalized spacial score (nSPS) is 11.5. The van der Waals surface area contributed by atoms with E-state index >= 15 is 35.1 Å². The van der Waals surface area contributed by atoms with Crippen LogP contribution in [0.3, 0.4) is 0 Å². The van der Waals surface area contributed by atoms with Gasteiger partial charge in [0, 0.05) is 17.7 Å². The number of hydrogen-bond acceptors (Lipinski definition) is 3. The van der Waals surface area contributed by atoms with Crippen molar-refractivity contribution in [2.24, 2.45) is 0 Å². The van der Waals surface area contributed by atoms with Gasteiger partial charge in [0.25, 0.3) is 5.69 Å². The molecule has 0 N–H and O–H groups in total. The van der Waals surface area contributed by atoms with Gasteiger partial charge in [-0.15, -0.1) is 21.9 Å². The number of non-ortho nitro benzene ring substituents is 1. The molecule has 5 nitrogen and oxygen atoms in total. The van der Waals surface area contributed by atoms with Crippen molar-refractivity contribution in [2.75, 3.05) is 0 Å². The highest BCUT2D eigenvalue weighted by Gasteiger charge is 2.52. The topological polar surface area (TPSA) is 59.9 Å². The van der Waals surface area contributed by atoms with Gasteiger partial charge in [-0.3, -0.25) is 15.1 Å². The molecule has 0 saturated heterocycles. The van der Waals surface area contributed by atoms with Crippen molar-refractivity contribution in [3.8, 4) is 11.3 Å². The second-order valence-corrected chi connectivity index (χ2v) is 13.7. The van der Waals surface area contributed by atoms with Crippen LogP contribution in [0.15, 0.2) is 73.2 Å². The lowest BCUT2D eigenvalue weighted by Crippen LogP contribution is -2.81. The van der Waals surface area contributed by atoms with Crippen LogP contribution in [0, 0.1) is 126 Å². The molecule has 0 aliphatic heterocycles. The SMILES string of the molecule is Fc1c(F)c(F)c([B-](c2c(F)c(F)c(F)c(F)c2F)(c2c(F)c(F)c(F)c(F)c2F)c2c(F)c(F)c(F)c(F)c2F)c(F)c1F.O=[N+]([O-])c1cccc(-c2cncc[n+]2Cc2ccccc2)c1. The Morgan fingerprint density at radius 2 is 0.776 bits per heavy atom. The molecule has 7 aromatic rings. The molecule has 0 spiro atoms. The first-order chi connectivity index (χ1) is 31.4. The summed E-state index contributed by atoms with van der Waals surface area (Å²) in [5, 5.41) is 10.9. The Bertz CT molecular complexity index is 2780. The first-order valence-electron chi connectivity index (χ1n) is 17.8. The Labute approximate surface area is 358 Å². The van der Waals surface area contributed by atoms with Crippen LogP contribution in [0.1, 0.15) is 5.56 Å². The second-order valence-electron chi connectivity index (χ2n) is 13.7. The third-order valence-electron chi connectivity index (χ3n) is 10.1. The zero-order chi connectivity index (χ0) is 49.7. The Kier molecular flexibility index (Phi) is 13.4. The van der Waals surface area contributed by atoms with Crippen molar-refractivity contribution >= 4 is 33.7 Å². The molecule has 0 radical (unpaired) electrons. The van der Waals surface area contributed by atoms with Crippen LogP contribution in [0.2, 0.25) is 0 Å². The van der Waals surface area contributed by atoms with Gasteiger partial charge in [0.2, 0.25) is 5.69 Å². The molecule has 0 amide bonds. The highest BCUT2D eigenvalue weighted by Crippen LogP contribution is 2.31. The minimum absolute atomic E-state index is 0.0765. The highest BCUT2D eigenvalue weighted by atomic mass is 19.2. The largest absolute Gasteiger partial charge is 0.270 e. The van der Waals surface area contributed by atoms with Gasteiger partial charge in [0.15, 0.2) is 82.5 Å². The van der Waals surface area contributed by atoms with Gasteiger partial charge in [-0.05, 0) is 6.07 Å². The number of nitro groups is 1. The molecule has 6 aromatic carbocycles. The van der Waals surface area contributed by atoms with Crippen LogP contribution in [-0.2, 0) is 6.54 Å². The van der Waals surface area contributed by atoms with Crippen molar-refractivity contribution in [1.82, 2.24) is 4.98 Å². The van der Waals surface area contributed by atoms with Crippen LogP contribution in [0.25, 0.3) is 11.3 Å². The zero-order valence-electron chi connectivity index (χ0n) is 31.9.